The molecule has 100 valence electrons. The van der Waals surface area contributed by atoms with E-state index in [0.717, 1.165) is 17.7 Å². The SMILES string of the molecule is Cc1ccc(F)c(C(NN)c2ccc(F)cc2F)c1. The number of aryl methyl sites for hydroxylation is 1. The van der Waals surface area contributed by atoms with Gasteiger partial charge in [-0.1, -0.05) is 23.8 Å². The number of hydrogen-bond donors (Lipinski definition) is 2. The second-order valence-corrected chi connectivity index (χ2v) is 4.29. The molecule has 2 aromatic rings. The summed E-state index contributed by atoms with van der Waals surface area (Å²) in [6.07, 6.45) is 0. The molecule has 0 aliphatic rings. The minimum absolute atomic E-state index is 0.0911. The van der Waals surface area contributed by atoms with Crippen LogP contribution in [-0.2, 0) is 0 Å². The Morgan fingerprint density at radius 3 is 2.32 bits per heavy atom. The zero-order valence-electron chi connectivity index (χ0n) is 10.3. The Morgan fingerprint density at radius 2 is 1.68 bits per heavy atom. The van der Waals surface area contributed by atoms with Gasteiger partial charge in [-0.15, -0.1) is 0 Å². The molecule has 0 saturated heterocycles. The molecule has 0 spiro atoms. The van der Waals surface area contributed by atoms with Gasteiger partial charge in [-0.2, -0.15) is 0 Å². The maximum atomic E-state index is 13.8. The Balaban J connectivity index is 2.52. The van der Waals surface area contributed by atoms with Crippen LogP contribution in [0.25, 0.3) is 0 Å². The van der Waals surface area contributed by atoms with Crippen molar-refractivity contribution >= 4 is 0 Å². The van der Waals surface area contributed by atoms with Crippen molar-refractivity contribution in [2.45, 2.75) is 13.0 Å². The van der Waals surface area contributed by atoms with Crippen molar-refractivity contribution in [3.63, 3.8) is 0 Å². The molecule has 19 heavy (non-hydrogen) atoms. The predicted molar refractivity (Wildman–Crippen MR) is 66.7 cm³/mol. The molecular formula is C14H13F3N2. The molecule has 0 fully saturated rings. The largest absolute Gasteiger partial charge is 0.271 e. The van der Waals surface area contributed by atoms with E-state index in [0.29, 0.717) is 0 Å². The molecule has 5 heteroatoms. The Kier molecular flexibility index (Phi) is 3.87. The highest BCUT2D eigenvalue weighted by Crippen LogP contribution is 2.27. The zero-order valence-corrected chi connectivity index (χ0v) is 10.3. The number of nitrogens with one attached hydrogen (secondary N) is 1. The lowest BCUT2D eigenvalue weighted by Crippen LogP contribution is -2.30. The highest BCUT2D eigenvalue weighted by molar-refractivity contribution is 5.35. The average Bonchev–Trinajstić information content (AvgIpc) is 2.36. The van der Waals surface area contributed by atoms with Crippen molar-refractivity contribution < 1.29 is 13.2 Å². The van der Waals surface area contributed by atoms with Gasteiger partial charge in [0.25, 0.3) is 0 Å². The third kappa shape index (κ3) is 2.77. The van der Waals surface area contributed by atoms with E-state index in [1.807, 2.05) is 0 Å². The van der Waals surface area contributed by atoms with Crippen LogP contribution in [0.2, 0.25) is 0 Å². The van der Waals surface area contributed by atoms with Gasteiger partial charge >= 0.3 is 0 Å². The van der Waals surface area contributed by atoms with E-state index in [1.165, 1.54) is 12.1 Å². The fourth-order valence-electron chi connectivity index (χ4n) is 1.97. The second-order valence-electron chi connectivity index (χ2n) is 4.29. The summed E-state index contributed by atoms with van der Waals surface area (Å²) in [6, 6.07) is 6.69. The standard InChI is InChI=1S/C14H13F3N2/c1-8-2-5-12(16)11(6-8)14(19-18)10-4-3-9(15)7-13(10)17/h2-7,14,19H,18H2,1H3. The summed E-state index contributed by atoms with van der Waals surface area (Å²) in [4.78, 5) is 0. The van der Waals surface area contributed by atoms with E-state index in [1.54, 1.807) is 19.1 Å². The van der Waals surface area contributed by atoms with Crippen molar-refractivity contribution in [1.29, 1.82) is 0 Å². The van der Waals surface area contributed by atoms with E-state index in [2.05, 4.69) is 5.43 Å². The van der Waals surface area contributed by atoms with Gasteiger partial charge in [-0.05, 0) is 19.1 Å². The summed E-state index contributed by atoms with van der Waals surface area (Å²) in [6.45, 7) is 1.79. The van der Waals surface area contributed by atoms with Gasteiger partial charge < -0.3 is 0 Å². The molecule has 0 aliphatic heterocycles. The third-order valence-corrected chi connectivity index (χ3v) is 2.90. The Morgan fingerprint density at radius 1 is 0.947 bits per heavy atom. The van der Waals surface area contributed by atoms with Gasteiger partial charge in [0.05, 0.1) is 6.04 Å². The highest BCUT2D eigenvalue weighted by Gasteiger charge is 2.20. The van der Waals surface area contributed by atoms with Crippen molar-refractivity contribution in [2.75, 3.05) is 0 Å². The van der Waals surface area contributed by atoms with Gasteiger partial charge in [-0.25, -0.2) is 18.6 Å². The fraction of sp³-hybridized carbons (Fsp3) is 0.143. The quantitative estimate of drug-likeness (QED) is 0.662. The van der Waals surface area contributed by atoms with Crippen LogP contribution in [0.4, 0.5) is 13.2 Å². The van der Waals surface area contributed by atoms with Crippen molar-refractivity contribution in [3.8, 4) is 0 Å². The van der Waals surface area contributed by atoms with Gasteiger partial charge in [0.2, 0.25) is 0 Å². The number of nitrogens with two attached hydrogens (primary N) is 1. The molecule has 0 amide bonds. The third-order valence-electron chi connectivity index (χ3n) is 2.90. The number of hydrogen-bond acceptors (Lipinski definition) is 2. The van der Waals surface area contributed by atoms with E-state index >= 15 is 0 Å². The van der Waals surface area contributed by atoms with Crippen molar-refractivity contribution in [1.82, 2.24) is 5.43 Å². The molecule has 2 aromatic carbocycles. The number of halogens is 3. The first-order valence-corrected chi connectivity index (χ1v) is 5.70. The minimum atomic E-state index is -0.875. The van der Waals surface area contributed by atoms with Crippen LogP contribution in [0, 0.1) is 24.4 Å². The molecule has 2 nitrogen and oxygen atoms in total. The zero-order chi connectivity index (χ0) is 14.0. The maximum absolute atomic E-state index is 13.8. The van der Waals surface area contributed by atoms with Crippen LogP contribution in [0.15, 0.2) is 36.4 Å². The lowest BCUT2D eigenvalue weighted by molar-refractivity contribution is 0.522. The molecular weight excluding hydrogens is 253 g/mol. The molecule has 2 rings (SSSR count). The monoisotopic (exact) mass is 266 g/mol. The summed E-state index contributed by atoms with van der Waals surface area (Å²) in [5, 5.41) is 0. The average molecular weight is 266 g/mol. The second kappa shape index (κ2) is 5.42. The number of benzene rings is 2. The lowest BCUT2D eigenvalue weighted by Gasteiger charge is -2.18. The fourth-order valence-corrected chi connectivity index (χ4v) is 1.97. The summed E-state index contributed by atoms with van der Waals surface area (Å²) in [5.74, 6) is 3.42. The van der Waals surface area contributed by atoms with Crippen LogP contribution in [0.1, 0.15) is 22.7 Å². The Hall–Kier alpha value is -1.85. The molecule has 0 aromatic heterocycles. The smallest absolute Gasteiger partial charge is 0.131 e. The van der Waals surface area contributed by atoms with Gasteiger partial charge in [0.1, 0.15) is 17.5 Å². The van der Waals surface area contributed by atoms with Gasteiger partial charge in [0, 0.05) is 17.2 Å². The van der Waals surface area contributed by atoms with Crippen LogP contribution in [0.5, 0.6) is 0 Å². The van der Waals surface area contributed by atoms with E-state index in [4.69, 9.17) is 5.84 Å². The molecule has 1 unspecified atom stereocenters. The summed E-state index contributed by atoms with van der Waals surface area (Å²) in [5.41, 5.74) is 3.49. The maximum Gasteiger partial charge on any atom is 0.131 e. The van der Waals surface area contributed by atoms with Crippen LogP contribution in [0.3, 0.4) is 0 Å². The van der Waals surface area contributed by atoms with Gasteiger partial charge in [-0.3, -0.25) is 5.84 Å². The topological polar surface area (TPSA) is 38.0 Å². The summed E-state index contributed by atoms with van der Waals surface area (Å²) >= 11 is 0. The van der Waals surface area contributed by atoms with Crippen LogP contribution < -0.4 is 11.3 Å². The minimum Gasteiger partial charge on any atom is -0.271 e. The first kappa shape index (κ1) is 13.6. The van der Waals surface area contributed by atoms with E-state index < -0.39 is 23.5 Å². The first-order valence-electron chi connectivity index (χ1n) is 5.70. The van der Waals surface area contributed by atoms with Crippen LogP contribution >= 0.6 is 0 Å². The summed E-state index contributed by atoms with van der Waals surface area (Å²) in [7, 11) is 0. The lowest BCUT2D eigenvalue weighted by atomic mass is 9.97. The van der Waals surface area contributed by atoms with Crippen molar-refractivity contribution in [2.24, 2.45) is 5.84 Å². The highest BCUT2D eigenvalue weighted by atomic mass is 19.1. The normalized spacial score (nSPS) is 12.5. The first-order chi connectivity index (χ1) is 9.02. The van der Waals surface area contributed by atoms with E-state index in [-0.39, 0.29) is 11.1 Å². The molecule has 0 heterocycles. The molecule has 0 aliphatic carbocycles. The molecule has 0 saturated carbocycles. The number of rotatable bonds is 3. The molecule has 0 radical (unpaired) electrons. The predicted octanol–water partition coefficient (Wildman–Crippen LogP) is 2.97. The summed E-state index contributed by atoms with van der Waals surface area (Å²) < 4.78 is 40.5. The Labute approximate surface area is 109 Å². The molecule has 0 bridgehead atoms. The van der Waals surface area contributed by atoms with Gasteiger partial charge in [0.15, 0.2) is 0 Å². The molecule has 3 N–H and O–H groups in total. The van der Waals surface area contributed by atoms with E-state index in [9.17, 15) is 13.2 Å². The Bertz CT molecular complexity index is 599. The number of hydrazine groups is 1. The van der Waals surface area contributed by atoms with Crippen LogP contribution in [-0.4, -0.2) is 0 Å². The molecule has 1 atom stereocenters. The van der Waals surface area contributed by atoms with Crippen molar-refractivity contribution in [3.05, 3.63) is 70.5 Å².